The van der Waals surface area contributed by atoms with Crippen LogP contribution >= 0.6 is 0 Å². The smallest absolute Gasteiger partial charge is 0.872 e. The second-order valence-corrected chi connectivity index (χ2v) is 5.91. The molecule has 4 rings (SSSR count). The van der Waals surface area contributed by atoms with Crippen LogP contribution in [-0.4, -0.2) is 0 Å². The molecule has 1 aliphatic rings. The second kappa shape index (κ2) is 7.14. The molecule has 2 heteroatoms. The fraction of sp³-hybridized carbons (Fsp3) is 0.0909. The van der Waals surface area contributed by atoms with E-state index >= 15 is 0 Å². The van der Waals surface area contributed by atoms with E-state index in [1.54, 1.807) is 0 Å². The molecule has 1 nitrogen and oxygen atoms in total. The summed E-state index contributed by atoms with van der Waals surface area (Å²) in [4.78, 5) is 0. The minimum absolute atomic E-state index is 0. The van der Waals surface area contributed by atoms with Crippen molar-refractivity contribution in [1.29, 1.82) is 0 Å². The van der Waals surface area contributed by atoms with Gasteiger partial charge in [0.25, 0.3) is 0 Å². The van der Waals surface area contributed by atoms with Gasteiger partial charge in [-0.15, -0.1) is 0 Å². The van der Waals surface area contributed by atoms with Crippen LogP contribution in [0.2, 0.25) is 0 Å². The summed E-state index contributed by atoms with van der Waals surface area (Å²) in [6.45, 7) is 0. The van der Waals surface area contributed by atoms with E-state index in [1.165, 1.54) is 11.1 Å². The third kappa shape index (κ3) is 3.06. The standard InChI is InChI=1S/C22H18O.Li/c23-22-20(17-9-5-2-6-10-17)14-12-19-15-18(11-13-21(19)22)16-7-3-1-4-8-16;/h1-11,13,15,23H,12,14H2;/q;+1/p-1. The fourth-order valence-corrected chi connectivity index (χ4v) is 3.28. The summed E-state index contributed by atoms with van der Waals surface area (Å²) in [5.41, 5.74) is 6.38. The minimum atomic E-state index is 0. The number of rotatable bonds is 2. The Kier molecular flexibility index (Phi) is 4.95. The average molecular weight is 304 g/mol. The predicted octanol–water partition coefficient (Wildman–Crippen LogP) is 1.53. The van der Waals surface area contributed by atoms with Crippen molar-refractivity contribution < 1.29 is 24.0 Å². The first-order chi connectivity index (χ1) is 11.3. The molecule has 0 aliphatic heterocycles. The van der Waals surface area contributed by atoms with Gasteiger partial charge in [-0.3, -0.25) is 0 Å². The molecule has 0 heterocycles. The van der Waals surface area contributed by atoms with Gasteiger partial charge in [-0.2, -0.15) is 0 Å². The summed E-state index contributed by atoms with van der Waals surface area (Å²) in [7, 11) is 0. The van der Waals surface area contributed by atoms with Gasteiger partial charge >= 0.3 is 18.9 Å². The van der Waals surface area contributed by atoms with Crippen molar-refractivity contribution in [2.75, 3.05) is 0 Å². The van der Waals surface area contributed by atoms with Crippen LogP contribution in [0.25, 0.3) is 22.5 Å². The Morgan fingerprint density at radius 1 is 0.625 bits per heavy atom. The number of fused-ring (bicyclic) bond motifs is 1. The quantitative estimate of drug-likeness (QED) is 0.659. The van der Waals surface area contributed by atoms with E-state index in [1.807, 2.05) is 54.6 Å². The van der Waals surface area contributed by atoms with Gasteiger partial charge in [-0.05, 0) is 46.2 Å². The Bertz CT molecular complexity index is 867. The van der Waals surface area contributed by atoms with Crippen LogP contribution in [0.3, 0.4) is 0 Å². The van der Waals surface area contributed by atoms with Crippen LogP contribution in [0.5, 0.6) is 0 Å². The Labute approximate surface area is 154 Å². The van der Waals surface area contributed by atoms with Crippen LogP contribution in [0.4, 0.5) is 0 Å². The van der Waals surface area contributed by atoms with Crippen molar-refractivity contribution in [1.82, 2.24) is 0 Å². The van der Waals surface area contributed by atoms with Crippen molar-refractivity contribution in [2.24, 2.45) is 0 Å². The topological polar surface area (TPSA) is 23.1 Å². The molecule has 0 aromatic heterocycles. The molecule has 0 atom stereocenters. The molecule has 112 valence electrons. The number of allylic oxidation sites excluding steroid dienone is 1. The van der Waals surface area contributed by atoms with Crippen molar-refractivity contribution in [3.8, 4) is 11.1 Å². The van der Waals surface area contributed by atoms with Gasteiger partial charge in [0, 0.05) is 0 Å². The molecule has 0 amide bonds. The first kappa shape index (κ1) is 16.6. The number of aryl methyl sites for hydroxylation is 1. The van der Waals surface area contributed by atoms with E-state index in [0.29, 0.717) is 0 Å². The summed E-state index contributed by atoms with van der Waals surface area (Å²) in [6, 6.07) is 26.5. The maximum absolute atomic E-state index is 12.8. The first-order valence-corrected chi connectivity index (χ1v) is 7.97. The van der Waals surface area contributed by atoms with Gasteiger partial charge in [-0.1, -0.05) is 84.6 Å². The molecule has 3 aromatic carbocycles. The van der Waals surface area contributed by atoms with Gasteiger partial charge in [0.05, 0.1) is 0 Å². The van der Waals surface area contributed by atoms with Crippen LogP contribution in [0.15, 0.2) is 78.9 Å². The molecule has 0 fully saturated rings. The molecule has 0 saturated carbocycles. The second-order valence-electron chi connectivity index (χ2n) is 5.91. The molecule has 0 unspecified atom stereocenters. The summed E-state index contributed by atoms with van der Waals surface area (Å²) in [5.74, 6) is 0.178. The van der Waals surface area contributed by atoms with Gasteiger partial charge in [0.1, 0.15) is 0 Å². The first-order valence-electron chi connectivity index (χ1n) is 7.97. The summed E-state index contributed by atoms with van der Waals surface area (Å²) >= 11 is 0. The molecule has 0 radical (unpaired) electrons. The van der Waals surface area contributed by atoms with E-state index in [-0.39, 0.29) is 24.6 Å². The van der Waals surface area contributed by atoms with Crippen molar-refractivity contribution in [2.45, 2.75) is 12.8 Å². The third-order valence-corrected chi connectivity index (χ3v) is 4.50. The zero-order chi connectivity index (χ0) is 15.6. The normalized spacial score (nSPS) is 13.2. The van der Waals surface area contributed by atoms with E-state index < -0.39 is 0 Å². The summed E-state index contributed by atoms with van der Waals surface area (Å²) in [5, 5.41) is 12.8. The van der Waals surface area contributed by atoms with Gasteiger partial charge in [-0.25, -0.2) is 0 Å². The van der Waals surface area contributed by atoms with Crippen LogP contribution in [0, 0.1) is 0 Å². The molecule has 1 aliphatic carbocycles. The average Bonchev–Trinajstić information content (AvgIpc) is 2.63. The zero-order valence-corrected chi connectivity index (χ0v) is 13.8. The molecule has 0 N–H and O–H groups in total. The maximum atomic E-state index is 12.8. The molecular weight excluding hydrogens is 287 g/mol. The molecule has 3 aromatic rings. The number of hydrogen-bond acceptors (Lipinski definition) is 1. The monoisotopic (exact) mass is 304 g/mol. The molecule has 0 spiro atoms. The van der Waals surface area contributed by atoms with Gasteiger partial charge in [0.2, 0.25) is 0 Å². The zero-order valence-electron chi connectivity index (χ0n) is 13.8. The minimum Gasteiger partial charge on any atom is -0.872 e. The number of hydrogen-bond donors (Lipinski definition) is 0. The Balaban J connectivity index is 0.00000169. The third-order valence-electron chi connectivity index (χ3n) is 4.50. The summed E-state index contributed by atoms with van der Waals surface area (Å²) < 4.78 is 0. The van der Waals surface area contributed by atoms with Crippen LogP contribution < -0.4 is 24.0 Å². The number of benzene rings is 3. The van der Waals surface area contributed by atoms with Crippen molar-refractivity contribution >= 4 is 11.3 Å². The Morgan fingerprint density at radius 2 is 1.25 bits per heavy atom. The van der Waals surface area contributed by atoms with Crippen LogP contribution in [0.1, 0.15) is 23.1 Å². The Morgan fingerprint density at radius 3 is 1.92 bits per heavy atom. The maximum Gasteiger partial charge on any atom is 1.00 e. The summed E-state index contributed by atoms with van der Waals surface area (Å²) in [6.07, 6.45) is 1.74. The predicted molar refractivity (Wildman–Crippen MR) is 93.5 cm³/mol. The molecule has 0 saturated heterocycles. The van der Waals surface area contributed by atoms with Crippen molar-refractivity contribution in [3.63, 3.8) is 0 Å². The largest absolute Gasteiger partial charge is 1.00 e. The Hall–Kier alpha value is -2.20. The van der Waals surface area contributed by atoms with Crippen molar-refractivity contribution in [3.05, 3.63) is 95.6 Å². The van der Waals surface area contributed by atoms with E-state index in [4.69, 9.17) is 0 Å². The van der Waals surface area contributed by atoms with Gasteiger partial charge < -0.3 is 5.11 Å². The molecular formula is C22H17LiO. The SMILES string of the molecule is [Li+].[O-]C1=C(c2ccccc2)CCc2cc(-c3ccccc3)ccc21. The van der Waals surface area contributed by atoms with Gasteiger partial charge in [0.15, 0.2) is 0 Å². The van der Waals surface area contributed by atoms with E-state index in [0.717, 1.165) is 35.1 Å². The molecule has 24 heavy (non-hydrogen) atoms. The van der Waals surface area contributed by atoms with Crippen LogP contribution in [-0.2, 0) is 6.42 Å². The molecule has 0 bridgehead atoms. The van der Waals surface area contributed by atoms with E-state index in [2.05, 4.69) is 24.3 Å². The fourth-order valence-electron chi connectivity index (χ4n) is 3.28. The van der Waals surface area contributed by atoms with E-state index in [9.17, 15) is 5.11 Å².